The predicted molar refractivity (Wildman–Crippen MR) is 93.3 cm³/mol. The molecule has 0 saturated heterocycles. The van der Waals surface area contributed by atoms with Gasteiger partial charge >= 0.3 is 11.1 Å². The molecule has 1 amide bonds. The van der Waals surface area contributed by atoms with Crippen LogP contribution in [0.1, 0.15) is 49.4 Å². The SMILES string of the molecule is CCC1CCC(CNC(=O)c2ccc3[nH]c(=O)c(=O)[nH]c3c2)CC1. The average Bonchev–Trinajstić information content (AvgIpc) is 2.60. The third-order valence-corrected chi connectivity index (χ3v) is 5.08. The van der Waals surface area contributed by atoms with Gasteiger partial charge in [0.1, 0.15) is 0 Å². The fourth-order valence-corrected chi connectivity index (χ4v) is 3.44. The van der Waals surface area contributed by atoms with Crippen LogP contribution in [0, 0.1) is 11.8 Å². The fraction of sp³-hybridized carbons (Fsp3) is 0.500. The lowest BCUT2D eigenvalue weighted by Gasteiger charge is -2.27. The molecule has 3 rings (SSSR count). The topological polar surface area (TPSA) is 94.8 Å². The number of aromatic nitrogens is 2. The highest BCUT2D eigenvalue weighted by atomic mass is 16.2. The summed E-state index contributed by atoms with van der Waals surface area (Å²) in [5.74, 6) is 1.24. The Morgan fingerprint density at radius 1 is 1.04 bits per heavy atom. The lowest BCUT2D eigenvalue weighted by atomic mass is 9.81. The third kappa shape index (κ3) is 3.58. The summed E-state index contributed by atoms with van der Waals surface area (Å²) >= 11 is 0. The highest BCUT2D eigenvalue weighted by Gasteiger charge is 2.20. The summed E-state index contributed by atoms with van der Waals surface area (Å²) in [6.07, 6.45) is 6.09. The van der Waals surface area contributed by atoms with Crippen LogP contribution in [0.4, 0.5) is 0 Å². The van der Waals surface area contributed by atoms with E-state index >= 15 is 0 Å². The molecule has 0 bridgehead atoms. The largest absolute Gasteiger partial charge is 0.352 e. The molecule has 24 heavy (non-hydrogen) atoms. The van der Waals surface area contributed by atoms with Crippen molar-refractivity contribution < 1.29 is 4.79 Å². The maximum Gasteiger partial charge on any atom is 0.314 e. The Morgan fingerprint density at radius 3 is 2.33 bits per heavy atom. The van der Waals surface area contributed by atoms with Gasteiger partial charge < -0.3 is 15.3 Å². The molecule has 1 aromatic carbocycles. The summed E-state index contributed by atoms with van der Waals surface area (Å²) in [6, 6.07) is 4.88. The first-order chi connectivity index (χ1) is 11.6. The van der Waals surface area contributed by atoms with Crippen molar-refractivity contribution in [2.75, 3.05) is 6.54 Å². The second kappa shape index (κ2) is 7.03. The third-order valence-electron chi connectivity index (χ3n) is 5.08. The lowest BCUT2D eigenvalue weighted by Crippen LogP contribution is -2.31. The van der Waals surface area contributed by atoms with E-state index in [0.717, 1.165) is 5.92 Å². The molecule has 3 N–H and O–H groups in total. The van der Waals surface area contributed by atoms with Crippen LogP contribution in [0.3, 0.4) is 0 Å². The molecule has 2 aromatic rings. The van der Waals surface area contributed by atoms with Gasteiger partial charge in [0.05, 0.1) is 11.0 Å². The Kier molecular flexibility index (Phi) is 4.83. The van der Waals surface area contributed by atoms with Crippen molar-refractivity contribution in [3.8, 4) is 0 Å². The smallest absolute Gasteiger partial charge is 0.314 e. The zero-order valence-electron chi connectivity index (χ0n) is 13.9. The Bertz CT molecular complexity index is 844. The Hall–Kier alpha value is -2.37. The summed E-state index contributed by atoms with van der Waals surface area (Å²) < 4.78 is 0. The number of aromatic amines is 2. The van der Waals surface area contributed by atoms with Gasteiger partial charge in [-0.2, -0.15) is 0 Å². The van der Waals surface area contributed by atoms with Gasteiger partial charge in [0.15, 0.2) is 0 Å². The molecular formula is C18H23N3O3. The average molecular weight is 329 g/mol. The van der Waals surface area contributed by atoms with Crippen LogP contribution in [0.25, 0.3) is 11.0 Å². The number of amides is 1. The van der Waals surface area contributed by atoms with Gasteiger partial charge in [0.25, 0.3) is 5.91 Å². The van der Waals surface area contributed by atoms with Crippen LogP contribution in [0.2, 0.25) is 0 Å². The maximum atomic E-state index is 12.3. The van der Waals surface area contributed by atoms with E-state index in [4.69, 9.17) is 0 Å². The van der Waals surface area contributed by atoms with Crippen LogP contribution < -0.4 is 16.4 Å². The maximum absolute atomic E-state index is 12.3. The van der Waals surface area contributed by atoms with Crippen LogP contribution in [-0.4, -0.2) is 22.4 Å². The normalized spacial score (nSPS) is 20.9. The summed E-state index contributed by atoms with van der Waals surface area (Å²) in [5, 5.41) is 2.99. The highest BCUT2D eigenvalue weighted by molar-refractivity contribution is 5.97. The van der Waals surface area contributed by atoms with E-state index in [9.17, 15) is 14.4 Å². The highest BCUT2D eigenvalue weighted by Crippen LogP contribution is 2.30. The van der Waals surface area contributed by atoms with Crippen molar-refractivity contribution >= 4 is 16.9 Å². The molecule has 1 aliphatic carbocycles. The lowest BCUT2D eigenvalue weighted by molar-refractivity contribution is 0.0941. The molecule has 0 aliphatic heterocycles. The number of carbonyl (C=O) groups excluding carboxylic acids is 1. The number of nitrogens with one attached hydrogen (secondary N) is 3. The molecule has 128 valence electrons. The number of H-pyrrole nitrogens is 2. The Balaban J connectivity index is 1.65. The van der Waals surface area contributed by atoms with Crippen molar-refractivity contribution in [3.05, 3.63) is 44.5 Å². The number of hydrogen-bond acceptors (Lipinski definition) is 3. The van der Waals surface area contributed by atoms with Gasteiger partial charge in [-0.25, -0.2) is 0 Å². The second-order valence-corrected chi connectivity index (χ2v) is 6.67. The molecule has 6 heteroatoms. The Labute approximate surface area is 139 Å². The second-order valence-electron chi connectivity index (χ2n) is 6.67. The monoisotopic (exact) mass is 329 g/mol. The van der Waals surface area contributed by atoms with Crippen LogP contribution in [0.5, 0.6) is 0 Å². The van der Waals surface area contributed by atoms with E-state index in [1.807, 2.05) is 0 Å². The van der Waals surface area contributed by atoms with Crippen LogP contribution in [0.15, 0.2) is 27.8 Å². The van der Waals surface area contributed by atoms with E-state index in [-0.39, 0.29) is 5.91 Å². The molecule has 6 nitrogen and oxygen atoms in total. The first-order valence-electron chi connectivity index (χ1n) is 8.61. The van der Waals surface area contributed by atoms with Gasteiger partial charge in [0.2, 0.25) is 0 Å². The first kappa shape index (κ1) is 16.5. The molecule has 0 atom stereocenters. The van der Waals surface area contributed by atoms with Gasteiger partial charge in [-0.1, -0.05) is 26.2 Å². The van der Waals surface area contributed by atoms with Crippen molar-refractivity contribution in [2.24, 2.45) is 11.8 Å². The van der Waals surface area contributed by atoms with E-state index in [0.29, 0.717) is 29.1 Å². The summed E-state index contributed by atoms with van der Waals surface area (Å²) in [6.45, 7) is 2.93. The Morgan fingerprint density at radius 2 is 1.67 bits per heavy atom. The summed E-state index contributed by atoms with van der Waals surface area (Å²) in [4.78, 5) is 40.0. The fourth-order valence-electron chi connectivity index (χ4n) is 3.44. The minimum absolute atomic E-state index is 0.151. The van der Waals surface area contributed by atoms with Crippen LogP contribution >= 0.6 is 0 Å². The number of carbonyl (C=O) groups is 1. The van der Waals surface area contributed by atoms with Crippen molar-refractivity contribution in [2.45, 2.75) is 39.0 Å². The number of rotatable bonds is 4. The van der Waals surface area contributed by atoms with Gasteiger partial charge in [-0.05, 0) is 42.9 Å². The molecule has 0 radical (unpaired) electrons. The molecule has 0 spiro atoms. The molecular weight excluding hydrogens is 306 g/mol. The van der Waals surface area contributed by atoms with Gasteiger partial charge in [-0.3, -0.25) is 14.4 Å². The number of hydrogen-bond donors (Lipinski definition) is 3. The molecule has 1 fully saturated rings. The zero-order chi connectivity index (χ0) is 17.1. The molecule has 0 unspecified atom stereocenters. The molecule has 1 saturated carbocycles. The van der Waals surface area contributed by atoms with Crippen molar-refractivity contribution in [1.29, 1.82) is 0 Å². The van der Waals surface area contributed by atoms with Crippen LogP contribution in [-0.2, 0) is 0 Å². The quantitative estimate of drug-likeness (QED) is 0.750. The first-order valence-corrected chi connectivity index (χ1v) is 8.61. The van der Waals surface area contributed by atoms with Crippen molar-refractivity contribution in [3.63, 3.8) is 0 Å². The molecule has 1 aromatic heterocycles. The van der Waals surface area contributed by atoms with Gasteiger partial charge in [-0.15, -0.1) is 0 Å². The minimum Gasteiger partial charge on any atom is -0.352 e. The van der Waals surface area contributed by atoms with E-state index in [1.165, 1.54) is 32.1 Å². The van der Waals surface area contributed by atoms with Crippen molar-refractivity contribution in [1.82, 2.24) is 15.3 Å². The number of benzene rings is 1. The standard InChI is InChI=1S/C18H23N3O3/c1-2-11-3-5-12(6-4-11)10-19-16(22)13-7-8-14-15(9-13)21-18(24)17(23)20-14/h7-9,11-12H,2-6,10H2,1H3,(H,19,22)(H,20,23)(H,21,24). The zero-order valence-corrected chi connectivity index (χ0v) is 13.9. The summed E-state index contributed by atoms with van der Waals surface area (Å²) in [7, 11) is 0. The van der Waals surface area contributed by atoms with E-state index in [1.54, 1.807) is 18.2 Å². The van der Waals surface area contributed by atoms with E-state index in [2.05, 4.69) is 22.2 Å². The molecule has 1 aliphatic rings. The van der Waals surface area contributed by atoms with Gasteiger partial charge in [0, 0.05) is 12.1 Å². The molecule has 1 heterocycles. The predicted octanol–water partition coefficient (Wildman–Crippen LogP) is 2.16. The minimum atomic E-state index is -0.715. The van der Waals surface area contributed by atoms with E-state index < -0.39 is 11.1 Å². The number of fused-ring (bicyclic) bond motifs is 1. The summed E-state index contributed by atoms with van der Waals surface area (Å²) in [5.41, 5.74) is 0.0345.